The molecule has 2 N–H and O–H groups in total. The predicted molar refractivity (Wildman–Crippen MR) is 64.4 cm³/mol. The standard InChI is InChI=1S/C13H17NO5/c15-12(14-6-7-2-1-5-18-7)10-8-3-4-9(19-8)11(10)13(16)17/h3-4,7-11H,1-2,5-6H2,(H,14,15)(H,16,17)/t7-,8+,9-,10-,11+/m0/s1. The summed E-state index contributed by atoms with van der Waals surface area (Å²) < 4.78 is 10.9. The zero-order chi connectivity index (χ0) is 13.4. The van der Waals surface area contributed by atoms with Crippen LogP contribution in [0.15, 0.2) is 12.2 Å². The van der Waals surface area contributed by atoms with Gasteiger partial charge < -0.3 is 19.9 Å². The normalized spacial score (nSPS) is 39.7. The molecule has 0 aliphatic carbocycles. The van der Waals surface area contributed by atoms with Gasteiger partial charge in [0, 0.05) is 13.2 Å². The van der Waals surface area contributed by atoms with Crippen LogP contribution in [0.5, 0.6) is 0 Å². The van der Waals surface area contributed by atoms with Crippen LogP contribution in [-0.4, -0.2) is 48.4 Å². The van der Waals surface area contributed by atoms with Gasteiger partial charge in [-0.1, -0.05) is 12.2 Å². The van der Waals surface area contributed by atoms with E-state index in [2.05, 4.69) is 5.32 Å². The number of amides is 1. The van der Waals surface area contributed by atoms with E-state index in [1.165, 1.54) is 0 Å². The molecule has 2 saturated heterocycles. The predicted octanol–water partition coefficient (Wildman–Crippen LogP) is -0.0642. The van der Waals surface area contributed by atoms with Crippen molar-refractivity contribution in [3.8, 4) is 0 Å². The maximum atomic E-state index is 12.2. The Morgan fingerprint density at radius 1 is 1.26 bits per heavy atom. The molecule has 5 atom stereocenters. The minimum Gasteiger partial charge on any atom is -0.481 e. The van der Waals surface area contributed by atoms with Gasteiger partial charge in [0.05, 0.1) is 24.2 Å². The fourth-order valence-corrected chi connectivity index (χ4v) is 3.05. The van der Waals surface area contributed by atoms with Crippen molar-refractivity contribution in [3.63, 3.8) is 0 Å². The Morgan fingerprint density at radius 2 is 2.00 bits per heavy atom. The summed E-state index contributed by atoms with van der Waals surface area (Å²) in [7, 11) is 0. The smallest absolute Gasteiger partial charge is 0.310 e. The molecular weight excluding hydrogens is 250 g/mol. The van der Waals surface area contributed by atoms with Crippen LogP contribution < -0.4 is 5.32 Å². The van der Waals surface area contributed by atoms with Crippen molar-refractivity contribution >= 4 is 11.9 Å². The van der Waals surface area contributed by atoms with Gasteiger partial charge in [0.25, 0.3) is 0 Å². The number of hydrogen-bond acceptors (Lipinski definition) is 4. The molecule has 6 nitrogen and oxygen atoms in total. The number of carboxylic acids is 1. The molecule has 0 radical (unpaired) electrons. The highest BCUT2D eigenvalue weighted by atomic mass is 16.5. The Morgan fingerprint density at radius 3 is 2.63 bits per heavy atom. The lowest BCUT2D eigenvalue weighted by atomic mass is 9.82. The third-order valence-electron chi connectivity index (χ3n) is 4.02. The van der Waals surface area contributed by atoms with E-state index < -0.39 is 30.0 Å². The SMILES string of the molecule is O=C(NC[C@@H]1CCCO1)[C@@H]1[C@H](C(=O)O)[C@@H]2C=C[C@H]1O2. The summed E-state index contributed by atoms with van der Waals surface area (Å²) in [4.78, 5) is 23.4. The molecule has 0 aromatic heterocycles. The lowest BCUT2D eigenvalue weighted by Gasteiger charge is -2.21. The first-order valence-corrected chi connectivity index (χ1v) is 6.63. The highest BCUT2D eigenvalue weighted by Gasteiger charge is 2.53. The number of carboxylic acid groups (broad SMARTS) is 1. The fourth-order valence-electron chi connectivity index (χ4n) is 3.05. The van der Waals surface area contributed by atoms with Crippen molar-refractivity contribution in [2.75, 3.05) is 13.2 Å². The molecule has 1 amide bonds. The molecule has 0 aromatic carbocycles. The Kier molecular flexibility index (Phi) is 3.28. The molecule has 3 aliphatic rings. The second-order valence-electron chi connectivity index (χ2n) is 5.22. The Hall–Kier alpha value is -1.40. The van der Waals surface area contributed by atoms with Gasteiger partial charge in [-0.15, -0.1) is 0 Å². The second kappa shape index (κ2) is 4.94. The molecule has 0 aromatic rings. The van der Waals surface area contributed by atoms with Crippen molar-refractivity contribution in [1.29, 1.82) is 0 Å². The number of carbonyl (C=O) groups is 2. The van der Waals surface area contributed by atoms with Crippen molar-refractivity contribution in [1.82, 2.24) is 5.32 Å². The van der Waals surface area contributed by atoms with Crippen molar-refractivity contribution in [2.45, 2.75) is 31.2 Å². The minimum atomic E-state index is -0.978. The minimum absolute atomic E-state index is 0.0577. The fraction of sp³-hybridized carbons (Fsp3) is 0.692. The molecule has 6 heteroatoms. The van der Waals surface area contributed by atoms with Gasteiger partial charge in [-0.3, -0.25) is 9.59 Å². The summed E-state index contributed by atoms with van der Waals surface area (Å²) in [6.07, 6.45) is 4.64. The highest BCUT2D eigenvalue weighted by Crippen LogP contribution is 2.39. The monoisotopic (exact) mass is 267 g/mol. The molecule has 3 rings (SSSR count). The summed E-state index contributed by atoms with van der Waals surface area (Å²) in [5.41, 5.74) is 0. The van der Waals surface area contributed by atoms with Crippen LogP contribution in [0.3, 0.4) is 0 Å². The van der Waals surface area contributed by atoms with Gasteiger partial charge in [-0.25, -0.2) is 0 Å². The van der Waals surface area contributed by atoms with Crippen LogP contribution in [0.2, 0.25) is 0 Å². The Bertz CT molecular complexity index is 415. The topological polar surface area (TPSA) is 84.9 Å². The van der Waals surface area contributed by atoms with E-state index in [9.17, 15) is 14.7 Å². The molecule has 2 bridgehead atoms. The van der Waals surface area contributed by atoms with Gasteiger partial charge in [0.1, 0.15) is 5.92 Å². The molecule has 3 heterocycles. The van der Waals surface area contributed by atoms with E-state index in [1.54, 1.807) is 12.2 Å². The van der Waals surface area contributed by atoms with Gasteiger partial charge in [0.15, 0.2) is 0 Å². The second-order valence-corrected chi connectivity index (χ2v) is 5.22. The third kappa shape index (κ3) is 2.26. The van der Waals surface area contributed by atoms with Crippen LogP contribution in [0, 0.1) is 11.8 Å². The average Bonchev–Trinajstić information content (AvgIpc) is 3.10. The number of carbonyl (C=O) groups excluding carboxylic acids is 1. The van der Waals surface area contributed by atoms with Crippen LogP contribution in [0.25, 0.3) is 0 Å². The van der Waals surface area contributed by atoms with E-state index >= 15 is 0 Å². The van der Waals surface area contributed by atoms with Crippen molar-refractivity contribution in [3.05, 3.63) is 12.2 Å². The first-order valence-electron chi connectivity index (χ1n) is 6.63. The van der Waals surface area contributed by atoms with E-state index in [1.807, 2.05) is 0 Å². The number of hydrogen-bond donors (Lipinski definition) is 2. The Labute approximate surface area is 110 Å². The molecular formula is C13H17NO5. The van der Waals surface area contributed by atoms with Crippen molar-refractivity contribution in [2.24, 2.45) is 11.8 Å². The van der Waals surface area contributed by atoms with Crippen LogP contribution >= 0.6 is 0 Å². The largest absolute Gasteiger partial charge is 0.481 e. The molecule has 3 aliphatic heterocycles. The van der Waals surface area contributed by atoms with E-state index in [0.717, 1.165) is 19.4 Å². The van der Waals surface area contributed by atoms with Gasteiger partial charge >= 0.3 is 5.97 Å². The number of nitrogens with one attached hydrogen (secondary N) is 1. The van der Waals surface area contributed by atoms with E-state index in [0.29, 0.717) is 6.54 Å². The van der Waals surface area contributed by atoms with Crippen molar-refractivity contribution < 1.29 is 24.2 Å². The maximum Gasteiger partial charge on any atom is 0.310 e. The van der Waals surface area contributed by atoms with Crippen LogP contribution in [-0.2, 0) is 19.1 Å². The molecule has 19 heavy (non-hydrogen) atoms. The summed E-state index contributed by atoms with van der Waals surface area (Å²) >= 11 is 0. The van der Waals surface area contributed by atoms with E-state index in [4.69, 9.17) is 9.47 Å². The lowest BCUT2D eigenvalue weighted by Crippen LogP contribution is -2.44. The first-order chi connectivity index (χ1) is 9.16. The van der Waals surface area contributed by atoms with Gasteiger partial charge in [-0.2, -0.15) is 0 Å². The highest BCUT2D eigenvalue weighted by molar-refractivity contribution is 5.87. The number of fused-ring (bicyclic) bond motifs is 2. The first kappa shape index (κ1) is 12.6. The lowest BCUT2D eigenvalue weighted by molar-refractivity contribution is -0.146. The quantitative estimate of drug-likeness (QED) is 0.697. The average molecular weight is 267 g/mol. The number of ether oxygens (including phenoxy) is 2. The molecule has 104 valence electrons. The van der Waals surface area contributed by atoms with Crippen LogP contribution in [0.4, 0.5) is 0 Å². The molecule has 0 unspecified atom stereocenters. The summed E-state index contributed by atoms with van der Waals surface area (Å²) in [5, 5.41) is 12.0. The van der Waals surface area contributed by atoms with Gasteiger partial charge in [0.2, 0.25) is 5.91 Å². The number of aliphatic carboxylic acids is 1. The molecule has 0 saturated carbocycles. The Balaban J connectivity index is 1.62. The zero-order valence-electron chi connectivity index (χ0n) is 10.5. The summed E-state index contributed by atoms with van der Waals surface area (Å²) in [6.45, 7) is 1.18. The number of rotatable bonds is 4. The van der Waals surface area contributed by atoms with Crippen LogP contribution in [0.1, 0.15) is 12.8 Å². The summed E-state index contributed by atoms with van der Waals surface area (Å²) in [6, 6.07) is 0. The zero-order valence-corrected chi connectivity index (χ0v) is 10.5. The van der Waals surface area contributed by atoms with E-state index in [-0.39, 0.29) is 12.0 Å². The maximum absolute atomic E-state index is 12.2. The summed E-state index contributed by atoms with van der Waals surface area (Å²) in [5.74, 6) is -2.64. The van der Waals surface area contributed by atoms with Gasteiger partial charge in [-0.05, 0) is 12.8 Å². The molecule has 0 spiro atoms. The third-order valence-corrected chi connectivity index (χ3v) is 4.02. The molecule has 2 fully saturated rings.